The smallest absolute Gasteiger partial charge is 0.236 e. The van der Waals surface area contributed by atoms with E-state index in [4.69, 9.17) is 0 Å². The average Bonchev–Trinajstić information content (AvgIpc) is 2.65. The minimum Gasteiger partial charge on any atom is -0.361 e. The highest BCUT2D eigenvalue weighted by molar-refractivity contribution is 5.97. The van der Waals surface area contributed by atoms with Crippen LogP contribution in [0.15, 0.2) is 42.0 Å². The summed E-state index contributed by atoms with van der Waals surface area (Å²) < 4.78 is 0. The first-order chi connectivity index (χ1) is 11.9. The molecule has 1 aliphatic carbocycles. The predicted octanol–water partition coefficient (Wildman–Crippen LogP) is 2.43. The van der Waals surface area contributed by atoms with Crippen LogP contribution in [0.2, 0.25) is 0 Å². The lowest BCUT2D eigenvalue weighted by molar-refractivity contribution is -0.181. The fourth-order valence-corrected chi connectivity index (χ4v) is 3.91. The van der Waals surface area contributed by atoms with Crippen molar-refractivity contribution in [3.05, 3.63) is 47.5 Å². The van der Waals surface area contributed by atoms with Gasteiger partial charge < -0.3 is 10.0 Å². The number of amides is 1. The van der Waals surface area contributed by atoms with E-state index in [-0.39, 0.29) is 18.2 Å². The maximum absolute atomic E-state index is 12.9. The molecule has 1 aliphatic heterocycles. The Balaban J connectivity index is 1.83. The minimum absolute atomic E-state index is 0.0534. The number of hydrogen-bond donors (Lipinski definition) is 1. The summed E-state index contributed by atoms with van der Waals surface area (Å²) in [6.07, 6.45) is 5.24. The molecule has 5 nitrogen and oxygen atoms in total. The van der Waals surface area contributed by atoms with Crippen molar-refractivity contribution in [3.8, 4) is 0 Å². The molecule has 1 amide bonds. The third kappa shape index (κ3) is 3.39. The standard InChI is InChI=1S/C20H26N2O3/c1-20(16-11-7-4-8-12-16)14-22(19(25)21(2)18(20)24)13-17(23)15-9-5-3-6-10-15/h3,5-6,9-11,19,25H,4,7-8,12-14H2,1-2H3. The summed E-state index contributed by atoms with van der Waals surface area (Å²) in [5.74, 6) is -0.126. The number of rotatable bonds is 4. The van der Waals surface area contributed by atoms with E-state index in [9.17, 15) is 14.7 Å². The molecule has 1 aromatic rings. The van der Waals surface area contributed by atoms with Gasteiger partial charge in [-0.25, -0.2) is 0 Å². The molecule has 0 saturated carbocycles. The zero-order valence-corrected chi connectivity index (χ0v) is 14.9. The average molecular weight is 342 g/mol. The number of allylic oxidation sites excluding steroid dienone is 1. The molecule has 2 atom stereocenters. The first kappa shape index (κ1) is 17.8. The van der Waals surface area contributed by atoms with E-state index < -0.39 is 11.8 Å². The normalized spacial score (nSPS) is 28.0. The van der Waals surface area contributed by atoms with Gasteiger partial charge in [-0.1, -0.05) is 42.0 Å². The van der Waals surface area contributed by atoms with Crippen LogP contribution < -0.4 is 0 Å². The largest absolute Gasteiger partial charge is 0.361 e. The van der Waals surface area contributed by atoms with Gasteiger partial charge in [-0.3, -0.25) is 14.5 Å². The van der Waals surface area contributed by atoms with Gasteiger partial charge in [0.05, 0.1) is 12.0 Å². The molecule has 2 aliphatic rings. The molecule has 1 N–H and O–H groups in total. The second-order valence-corrected chi connectivity index (χ2v) is 7.26. The fourth-order valence-electron chi connectivity index (χ4n) is 3.91. The van der Waals surface area contributed by atoms with Gasteiger partial charge >= 0.3 is 0 Å². The van der Waals surface area contributed by atoms with Crippen LogP contribution in [-0.4, -0.2) is 53.1 Å². The Kier molecular flexibility index (Phi) is 5.06. The second kappa shape index (κ2) is 7.10. The van der Waals surface area contributed by atoms with Gasteiger partial charge in [0.25, 0.3) is 0 Å². The Morgan fingerprint density at radius 2 is 2.00 bits per heavy atom. The lowest BCUT2D eigenvalue weighted by atomic mass is 9.74. The second-order valence-electron chi connectivity index (χ2n) is 7.26. The van der Waals surface area contributed by atoms with Crippen molar-refractivity contribution in [2.24, 2.45) is 5.41 Å². The molecule has 1 aromatic carbocycles. The molecule has 0 radical (unpaired) electrons. The first-order valence-corrected chi connectivity index (χ1v) is 8.90. The van der Waals surface area contributed by atoms with Gasteiger partial charge in [0.15, 0.2) is 12.1 Å². The SMILES string of the molecule is CN1C(=O)C(C)(C2=CCCCC2)CN(CC(=O)c2ccccc2)C1O. The highest BCUT2D eigenvalue weighted by Crippen LogP contribution is 2.39. The molecule has 5 heteroatoms. The van der Waals surface area contributed by atoms with Crippen LogP contribution in [-0.2, 0) is 4.79 Å². The molecule has 1 saturated heterocycles. The third-order valence-corrected chi connectivity index (χ3v) is 5.43. The van der Waals surface area contributed by atoms with Crippen LogP contribution in [0.4, 0.5) is 0 Å². The molecule has 1 heterocycles. The van der Waals surface area contributed by atoms with Crippen molar-refractivity contribution < 1.29 is 14.7 Å². The van der Waals surface area contributed by atoms with Gasteiger partial charge in [0.1, 0.15) is 0 Å². The molecular formula is C20H26N2O3. The van der Waals surface area contributed by atoms with Crippen LogP contribution in [0.1, 0.15) is 43.0 Å². The Labute approximate surface area is 148 Å². The van der Waals surface area contributed by atoms with Crippen molar-refractivity contribution in [1.82, 2.24) is 9.80 Å². The van der Waals surface area contributed by atoms with Crippen LogP contribution >= 0.6 is 0 Å². The number of hydrogen-bond acceptors (Lipinski definition) is 4. The fraction of sp³-hybridized carbons (Fsp3) is 0.500. The van der Waals surface area contributed by atoms with E-state index in [0.717, 1.165) is 31.3 Å². The zero-order chi connectivity index (χ0) is 18.0. The van der Waals surface area contributed by atoms with Crippen LogP contribution in [0.3, 0.4) is 0 Å². The van der Waals surface area contributed by atoms with Crippen LogP contribution in [0.25, 0.3) is 0 Å². The van der Waals surface area contributed by atoms with Gasteiger partial charge in [0, 0.05) is 19.2 Å². The van der Waals surface area contributed by atoms with Crippen molar-refractivity contribution in [1.29, 1.82) is 0 Å². The maximum atomic E-state index is 12.9. The number of ketones is 1. The number of Topliss-reactive ketones (excluding diaryl/α,β-unsaturated/α-hetero) is 1. The Bertz CT molecular complexity index is 685. The Morgan fingerprint density at radius 1 is 1.28 bits per heavy atom. The summed E-state index contributed by atoms with van der Waals surface area (Å²) in [4.78, 5) is 28.5. The summed E-state index contributed by atoms with van der Waals surface area (Å²) in [6.45, 7) is 2.39. The maximum Gasteiger partial charge on any atom is 0.236 e. The molecule has 25 heavy (non-hydrogen) atoms. The van der Waals surface area contributed by atoms with E-state index in [0.29, 0.717) is 12.1 Å². The zero-order valence-electron chi connectivity index (χ0n) is 14.9. The summed E-state index contributed by atoms with van der Waals surface area (Å²) >= 11 is 0. The number of benzene rings is 1. The van der Waals surface area contributed by atoms with Crippen molar-refractivity contribution >= 4 is 11.7 Å². The molecule has 2 unspecified atom stereocenters. The third-order valence-electron chi connectivity index (χ3n) is 5.43. The first-order valence-electron chi connectivity index (χ1n) is 8.90. The summed E-state index contributed by atoms with van der Waals surface area (Å²) in [5.41, 5.74) is 1.08. The lowest BCUT2D eigenvalue weighted by Crippen LogP contribution is -2.64. The van der Waals surface area contributed by atoms with Crippen molar-refractivity contribution in [3.63, 3.8) is 0 Å². The summed E-state index contributed by atoms with van der Waals surface area (Å²) in [7, 11) is 1.60. The molecule has 0 spiro atoms. The number of nitrogens with zero attached hydrogens (tertiary/aromatic N) is 2. The van der Waals surface area contributed by atoms with Gasteiger partial charge in [0.2, 0.25) is 5.91 Å². The topological polar surface area (TPSA) is 60.9 Å². The lowest BCUT2D eigenvalue weighted by Gasteiger charge is -2.48. The van der Waals surface area contributed by atoms with Gasteiger partial charge in [-0.05, 0) is 32.6 Å². The van der Waals surface area contributed by atoms with E-state index >= 15 is 0 Å². The number of aliphatic hydroxyl groups is 1. The Hall–Kier alpha value is -1.98. The summed E-state index contributed by atoms with van der Waals surface area (Å²) in [6, 6.07) is 9.07. The summed E-state index contributed by atoms with van der Waals surface area (Å²) in [5, 5.41) is 10.5. The number of carbonyl (C=O) groups excluding carboxylic acids is 2. The van der Waals surface area contributed by atoms with Gasteiger partial charge in [-0.15, -0.1) is 0 Å². The van der Waals surface area contributed by atoms with Gasteiger partial charge in [-0.2, -0.15) is 0 Å². The highest BCUT2D eigenvalue weighted by Gasteiger charge is 2.48. The van der Waals surface area contributed by atoms with E-state index in [2.05, 4.69) is 6.08 Å². The molecule has 3 rings (SSSR count). The van der Waals surface area contributed by atoms with Crippen LogP contribution in [0, 0.1) is 5.41 Å². The van der Waals surface area contributed by atoms with E-state index in [1.165, 1.54) is 4.90 Å². The van der Waals surface area contributed by atoms with Crippen molar-refractivity contribution in [2.45, 2.75) is 39.0 Å². The molecule has 134 valence electrons. The number of aliphatic hydroxyl groups excluding tert-OH is 1. The molecular weight excluding hydrogens is 316 g/mol. The molecule has 0 bridgehead atoms. The Morgan fingerprint density at radius 3 is 2.64 bits per heavy atom. The monoisotopic (exact) mass is 342 g/mol. The molecule has 1 fully saturated rings. The van der Waals surface area contributed by atoms with E-state index in [1.54, 1.807) is 24.1 Å². The minimum atomic E-state index is -1.07. The highest BCUT2D eigenvalue weighted by atomic mass is 16.3. The van der Waals surface area contributed by atoms with Crippen LogP contribution in [0.5, 0.6) is 0 Å². The van der Waals surface area contributed by atoms with Crippen molar-refractivity contribution in [2.75, 3.05) is 20.1 Å². The van der Waals surface area contributed by atoms with E-state index in [1.807, 2.05) is 25.1 Å². The quantitative estimate of drug-likeness (QED) is 0.674. The molecule has 0 aromatic heterocycles. The number of carbonyl (C=O) groups is 2. The predicted molar refractivity (Wildman–Crippen MR) is 95.8 cm³/mol.